The molecular formula is C23H19BrN4O3. The Hall–Kier alpha value is -3.62. The maximum absolute atomic E-state index is 11.5. The lowest BCUT2D eigenvalue weighted by molar-refractivity contribution is -0.145. The summed E-state index contributed by atoms with van der Waals surface area (Å²) < 4.78 is 11.0. The highest BCUT2D eigenvalue weighted by Gasteiger charge is 2.29. The van der Waals surface area contributed by atoms with Gasteiger partial charge in [0.05, 0.1) is 27.9 Å². The number of fused-ring (bicyclic) bond motifs is 1. The molecule has 0 radical (unpaired) electrons. The standard InChI is InChI=1S/C23H19BrN4O3/c1-4-30-20(29)11-31-19-6-5-14(8-18(19)24)7-15-12(2)16(9-25)22-21(15)13(3)17(10-26)23(27)28-22/h5-8H,4,11H2,1-3H3,(H2,27,28). The number of esters is 1. The molecule has 2 aromatic rings. The second kappa shape index (κ2) is 9.03. The quantitative estimate of drug-likeness (QED) is 0.631. The van der Waals surface area contributed by atoms with E-state index in [4.69, 9.17) is 15.2 Å². The van der Waals surface area contributed by atoms with Crippen LogP contribution in [0.2, 0.25) is 0 Å². The number of anilines is 1. The van der Waals surface area contributed by atoms with E-state index in [9.17, 15) is 15.3 Å². The maximum Gasteiger partial charge on any atom is 0.344 e. The van der Waals surface area contributed by atoms with Crippen molar-refractivity contribution in [2.45, 2.75) is 20.8 Å². The van der Waals surface area contributed by atoms with Crippen LogP contribution in [0.4, 0.5) is 5.82 Å². The molecule has 3 rings (SSSR count). The Morgan fingerprint density at radius 3 is 2.65 bits per heavy atom. The molecule has 0 aliphatic heterocycles. The van der Waals surface area contributed by atoms with Crippen molar-refractivity contribution >= 4 is 44.9 Å². The molecule has 1 aromatic heterocycles. The largest absolute Gasteiger partial charge is 0.481 e. The van der Waals surface area contributed by atoms with Gasteiger partial charge >= 0.3 is 5.97 Å². The van der Waals surface area contributed by atoms with Crippen molar-refractivity contribution in [3.05, 3.63) is 56.2 Å². The average molecular weight is 479 g/mol. The van der Waals surface area contributed by atoms with Crippen LogP contribution in [0.15, 0.2) is 28.2 Å². The van der Waals surface area contributed by atoms with Crippen molar-refractivity contribution in [1.29, 1.82) is 10.5 Å². The van der Waals surface area contributed by atoms with Gasteiger partial charge in [-0.05, 0) is 77.2 Å². The van der Waals surface area contributed by atoms with E-state index in [-0.39, 0.29) is 12.4 Å². The van der Waals surface area contributed by atoms with Gasteiger partial charge in [-0.2, -0.15) is 10.5 Å². The number of benzene rings is 1. The maximum atomic E-state index is 11.5. The summed E-state index contributed by atoms with van der Waals surface area (Å²) in [6.45, 7) is 5.49. The van der Waals surface area contributed by atoms with Crippen LogP contribution in [-0.2, 0) is 9.53 Å². The molecule has 1 aromatic carbocycles. The van der Waals surface area contributed by atoms with E-state index in [1.807, 2.05) is 25.1 Å². The molecule has 0 bridgehead atoms. The fourth-order valence-corrected chi connectivity index (χ4v) is 3.94. The summed E-state index contributed by atoms with van der Waals surface area (Å²) in [5.41, 5.74) is 11.0. The number of carbonyl (C=O) groups is 1. The minimum absolute atomic E-state index is 0.117. The van der Waals surface area contributed by atoms with Crippen LogP contribution in [0.1, 0.15) is 41.8 Å². The zero-order valence-corrected chi connectivity index (χ0v) is 18.8. The molecule has 8 heteroatoms. The number of nitrogen functional groups attached to an aromatic ring is 1. The van der Waals surface area contributed by atoms with Crippen molar-refractivity contribution in [1.82, 2.24) is 4.98 Å². The summed E-state index contributed by atoms with van der Waals surface area (Å²) in [7, 11) is 0. The van der Waals surface area contributed by atoms with Crippen LogP contribution in [-0.4, -0.2) is 24.2 Å². The Morgan fingerprint density at radius 2 is 2.03 bits per heavy atom. The number of nitrogens with two attached hydrogens (primary N) is 1. The average Bonchev–Trinajstić information content (AvgIpc) is 2.98. The van der Waals surface area contributed by atoms with Crippen LogP contribution >= 0.6 is 15.9 Å². The molecule has 7 nitrogen and oxygen atoms in total. The molecule has 2 N–H and O–H groups in total. The number of halogens is 1. The SMILES string of the molecule is CCOC(=O)COc1ccc(C=C2C(C)=C(C#N)c3nc(N)c(C#N)c(C)c32)cc1Br. The normalized spacial score (nSPS) is 13.5. The van der Waals surface area contributed by atoms with Crippen molar-refractivity contribution in [2.24, 2.45) is 0 Å². The molecule has 0 spiro atoms. The summed E-state index contributed by atoms with van der Waals surface area (Å²) in [4.78, 5) is 15.8. The van der Waals surface area contributed by atoms with Crippen molar-refractivity contribution in [3.63, 3.8) is 0 Å². The van der Waals surface area contributed by atoms with Gasteiger partial charge in [0.15, 0.2) is 6.61 Å². The highest BCUT2D eigenvalue weighted by atomic mass is 79.9. The van der Waals surface area contributed by atoms with Crippen molar-refractivity contribution in [3.8, 4) is 17.9 Å². The smallest absolute Gasteiger partial charge is 0.344 e. The predicted octanol–water partition coefficient (Wildman–Crippen LogP) is 4.40. The first kappa shape index (κ1) is 22.1. The van der Waals surface area contributed by atoms with E-state index in [1.54, 1.807) is 19.9 Å². The van der Waals surface area contributed by atoms with E-state index in [1.165, 1.54) is 0 Å². The lowest BCUT2D eigenvalue weighted by Gasteiger charge is -2.12. The van der Waals surface area contributed by atoms with Crippen LogP contribution in [0.5, 0.6) is 5.75 Å². The summed E-state index contributed by atoms with van der Waals surface area (Å²) in [5.74, 6) is 0.180. The first-order valence-electron chi connectivity index (χ1n) is 9.44. The summed E-state index contributed by atoms with van der Waals surface area (Å²) >= 11 is 3.46. The van der Waals surface area contributed by atoms with Gasteiger partial charge in [0, 0.05) is 5.56 Å². The Labute approximate surface area is 188 Å². The summed E-state index contributed by atoms with van der Waals surface area (Å²) in [6, 6.07) is 9.71. The van der Waals surface area contributed by atoms with Crippen LogP contribution < -0.4 is 10.5 Å². The van der Waals surface area contributed by atoms with Crippen LogP contribution in [0.25, 0.3) is 17.2 Å². The molecule has 0 atom stereocenters. The predicted molar refractivity (Wildman–Crippen MR) is 120 cm³/mol. The number of rotatable bonds is 5. The second-order valence-corrected chi connectivity index (χ2v) is 7.64. The molecule has 1 heterocycles. The van der Waals surface area contributed by atoms with Gasteiger partial charge in [-0.3, -0.25) is 0 Å². The van der Waals surface area contributed by atoms with Crippen LogP contribution in [0, 0.1) is 29.6 Å². The Morgan fingerprint density at radius 1 is 1.29 bits per heavy atom. The van der Waals surface area contributed by atoms with Gasteiger partial charge in [-0.15, -0.1) is 0 Å². The lowest BCUT2D eigenvalue weighted by atomic mass is 9.95. The Bertz CT molecular complexity index is 1230. The molecule has 0 amide bonds. The molecule has 1 aliphatic rings. The lowest BCUT2D eigenvalue weighted by Crippen LogP contribution is -2.14. The third-order valence-electron chi connectivity index (χ3n) is 4.90. The number of nitriles is 2. The Kier molecular flexibility index (Phi) is 6.43. The molecule has 0 saturated carbocycles. The third kappa shape index (κ3) is 4.16. The fourth-order valence-electron chi connectivity index (χ4n) is 3.43. The number of aromatic nitrogens is 1. The number of ether oxygens (including phenoxy) is 2. The zero-order valence-electron chi connectivity index (χ0n) is 17.2. The van der Waals surface area contributed by atoms with Gasteiger partial charge in [-0.25, -0.2) is 9.78 Å². The van der Waals surface area contributed by atoms with E-state index in [2.05, 4.69) is 33.1 Å². The number of hydrogen-bond acceptors (Lipinski definition) is 7. The molecule has 31 heavy (non-hydrogen) atoms. The molecule has 0 saturated heterocycles. The number of pyridine rings is 1. The van der Waals surface area contributed by atoms with Gasteiger partial charge in [0.25, 0.3) is 0 Å². The minimum atomic E-state index is -0.441. The van der Waals surface area contributed by atoms with Gasteiger partial charge in [-0.1, -0.05) is 6.07 Å². The van der Waals surface area contributed by atoms with Crippen molar-refractivity contribution in [2.75, 3.05) is 18.9 Å². The van der Waals surface area contributed by atoms with Crippen molar-refractivity contribution < 1.29 is 14.3 Å². The van der Waals surface area contributed by atoms with E-state index < -0.39 is 5.97 Å². The third-order valence-corrected chi connectivity index (χ3v) is 5.52. The molecular weight excluding hydrogens is 460 g/mol. The van der Waals surface area contributed by atoms with E-state index >= 15 is 0 Å². The highest BCUT2D eigenvalue weighted by molar-refractivity contribution is 9.10. The molecule has 0 unspecified atom stereocenters. The molecule has 0 fully saturated rings. The molecule has 156 valence electrons. The topological polar surface area (TPSA) is 122 Å². The van der Waals surface area contributed by atoms with Crippen LogP contribution in [0.3, 0.4) is 0 Å². The zero-order chi connectivity index (χ0) is 22.7. The van der Waals surface area contributed by atoms with E-state index in [0.29, 0.717) is 39.2 Å². The number of hydrogen-bond donors (Lipinski definition) is 1. The highest BCUT2D eigenvalue weighted by Crippen LogP contribution is 2.44. The minimum Gasteiger partial charge on any atom is -0.481 e. The summed E-state index contributed by atoms with van der Waals surface area (Å²) in [5, 5.41) is 19.1. The van der Waals surface area contributed by atoms with Gasteiger partial charge in [0.2, 0.25) is 0 Å². The Balaban J connectivity index is 2.03. The number of carbonyl (C=O) groups excluding carboxylic acids is 1. The number of allylic oxidation sites excluding steroid dienone is 3. The fraction of sp³-hybridized carbons (Fsp3) is 0.217. The van der Waals surface area contributed by atoms with Gasteiger partial charge in [0.1, 0.15) is 23.7 Å². The number of nitrogens with zero attached hydrogens (tertiary/aromatic N) is 3. The summed E-state index contributed by atoms with van der Waals surface area (Å²) in [6.07, 6.45) is 1.92. The van der Waals surface area contributed by atoms with Gasteiger partial charge < -0.3 is 15.2 Å². The molecule has 1 aliphatic carbocycles. The monoisotopic (exact) mass is 478 g/mol. The van der Waals surface area contributed by atoms with E-state index in [0.717, 1.165) is 22.3 Å². The first-order chi connectivity index (χ1) is 14.8. The second-order valence-electron chi connectivity index (χ2n) is 6.79. The first-order valence-corrected chi connectivity index (χ1v) is 10.2.